The van der Waals surface area contributed by atoms with Crippen LogP contribution in [0.2, 0.25) is 0 Å². The highest BCUT2D eigenvalue weighted by atomic mass is 32.2. The van der Waals surface area contributed by atoms with E-state index in [0.717, 1.165) is 41.6 Å². The summed E-state index contributed by atoms with van der Waals surface area (Å²) in [5.74, 6) is 0.812. The fraction of sp³-hybridized carbons (Fsp3) is 0.643. The second-order valence-corrected chi connectivity index (χ2v) is 6.16. The average molecular weight is 295 g/mol. The fourth-order valence-corrected chi connectivity index (χ4v) is 3.57. The molecule has 1 aromatic rings. The number of piperidine rings is 1. The molecule has 0 aromatic carbocycles. The molecule has 110 valence electrons. The van der Waals surface area contributed by atoms with Crippen molar-refractivity contribution in [2.45, 2.75) is 32.4 Å². The molecule has 6 heteroatoms. The predicted octanol–water partition coefficient (Wildman–Crippen LogP) is 1.88. The molecular formula is C14H21N3O2S. The molecule has 1 aromatic heterocycles. The topological polar surface area (TPSA) is 42.6 Å². The minimum absolute atomic E-state index is 0.161. The summed E-state index contributed by atoms with van der Waals surface area (Å²) >= 11 is 1.51. The van der Waals surface area contributed by atoms with Gasteiger partial charge in [-0.25, -0.2) is 0 Å². The Labute approximate surface area is 124 Å². The Bertz CT molecular complexity index is 466. The van der Waals surface area contributed by atoms with Crippen molar-refractivity contribution in [1.29, 1.82) is 0 Å². The number of aryl methyl sites for hydroxylation is 1. The molecule has 0 aliphatic carbocycles. The van der Waals surface area contributed by atoms with Crippen LogP contribution in [0.4, 0.5) is 5.69 Å². The van der Waals surface area contributed by atoms with Gasteiger partial charge in [-0.3, -0.25) is 9.08 Å². The lowest BCUT2D eigenvalue weighted by Crippen LogP contribution is -2.49. The van der Waals surface area contributed by atoms with Gasteiger partial charge in [0.05, 0.1) is 12.4 Å². The summed E-state index contributed by atoms with van der Waals surface area (Å²) < 4.78 is 6.76. The van der Waals surface area contributed by atoms with Gasteiger partial charge < -0.3 is 10.1 Å². The highest BCUT2D eigenvalue weighted by Gasteiger charge is 2.28. The number of hydrogen-bond acceptors (Lipinski definition) is 5. The monoisotopic (exact) mass is 295 g/mol. The normalized spacial score (nSPS) is 24.9. The van der Waals surface area contributed by atoms with Gasteiger partial charge in [0.1, 0.15) is 6.23 Å². The van der Waals surface area contributed by atoms with Crippen molar-refractivity contribution in [3.63, 3.8) is 0 Å². The van der Waals surface area contributed by atoms with Crippen LogP contribution in [0.5, 0.6) is 0 Å². The lowest BCUT2D eigenvalue weighted by atomic mass is 10.1. The van der Waals surface area contributed by atoms with E-state index >= 15 is 0 Å². The quantitative estimate of drug-likeness (QED) is 0.473. The van der Waals surface area contributed by atoms with Gasteiger partial charge in [-0.15, -0.1) is 0 Å². The number of likely N-dealkylation sites (tertiary alicyclic amines) is 1. The number of anilines is 1. The van der Waals surface area contributed by atoms with Crippen LogP contribution < -0.4 is 9.63 Å². The van der Waals surface area contributed by atoms with Gasteiger partial charge in [0, 0.05) is 49.9 Å². The highest BCUT2D eigenvalue weighted by molar-refractivity contribution is 7.94. The van der Waals surface area contributed by atoms with E-state index in [1.165, 1.54) is 31.3 Å². The van der Waals surface area contributed by atoms with Crippen LogP contribution in [-0.2, 0) is 4.18 Å². The standard InChI is InChI=1S/C14H21N3O2S/c1-12-9-13(5-8-17(12)18)16-10-14(19-20-11-16)15-6-3-2-4-7-15/h5,8-9,14H,2-4,6-7,10-11H2,1H3. The number of aromatic nitrogens is 1. The molecule has 0 saturated carbocycles. The largest absolute Gasteiger partial charge is 0.619 e. The van der Waals surface area contributed by atoms with E-state index < -0.39 is 0 Å². The van der Waals surface area contributed by atoms with Crippen molar-refractivity contribution < 1.29 is 8.91 Å². The molecule has 3 heterocycles. The predicted molar refractivity (Wildman–Crippen MR) is 80.2 cm³/mol. The molecule has 2 fully saturated rings. The van der Waals surface area contributed by atoms with Crippen molar-refractivity contribution in [1.82, 2.24) is 4.90 Å². The Hall–Kier alpha value is -0.980. The van der Waals surface area contributed by atoms with Crippen LogP contribution >= 0.6 is 12.0 Å². The maximum absolute atomic E-state index is 11.4. The maximum atomic E-state index is 11.4. The first kappa shape index (κ1) is 14.0. The molecule has 1 atom stereocenters. The Morgan fingerprint density at radius 3 is 2.90 bits per heavy atom. The molecule has 20 heavy (non-hydrogen) atoms. The molecule has 0 N–H and O–H groups in total. The number of rotatable bonds is 2. The van der Waals surface area contributed by atoms with Gasteiger partial charge in [0.15, 0.2) is 11.9 Å². The summed E-state index contributed by atoms with van der Waals surface area (Å²) in [5, 5.41) is 11.4. The molecule has 0 radical (unpaired) electrons. The van der Waals surface area contributed by atoms with E-state index in [1.807, 2.05) is 19.1 Å². The van der Waals surface area contributed by atoms with Crippen molar-refractivity contribution in [2.24, 2.45) is 0 Å². The minimum atomic E-state index is 0.161. The van der Waals surface area contributed by atoms with Crippen LogP contribution in [0, 0.1) is 12.1 Å². The van der Waals surface area contributed by atoms with Crippen LogP contribution in [0.3, 0.4) is 0 Å². The van der Waals surface area contributed by atoms with E-state index in [1.54, 1.807) is 6.20 Å². The van der Waals surface area contributed by atoms with E-state index in [9.17, 15) is 5.21 Å². The molecule has 2 aliphatic heterocycles. The second kappa shape index (κ2) is 6.20. The Balaban J connectivity index is 1.69. The van der Waals surface area contributed by atoms with Gasteiger partial charge in [-0.2, -0.15) is 4.73 Å². The summed E-state index contributed by atoms with van der Waals surface area (Å²) in [5.41, 5.74) is 1.83. The van der Waals surface area contributed by atoms with E-state index in [0.29, 0.717) is 0 Å². The zero-order chi connectivity index (χ0) is 13.9. The zero-order valence-electron chi connectivity index (χ0n) is 11.8. The smallest absolute Gasteiger partial charge is 0.191 e. The molecular weight excluding hydrogens is 274 g/mol. The average Bonchev–Trinajstić information content (AvgIpc) is 2.51. The summed E-state index contributed by atoms with van der Waals surface area (Å²) in [4.78, 5) is 4.73. The first-order valence-electron chi connectivity index (χ1n) is 7.21. The summed E-state index contributed by atoms with van der Waals surface area (Å²) in [6, 6.07) is 3.84. The number of nitrogens with zero attached hydrogens (tertiary/aromatic N) is 3. The molecule has 2 saturated heterocycles. The van der Waals surface area contributed by atoms with Crippen LogP contribution in [0.15, 0.2) is 18.3 Å². The van der Waals surface area contributed by atoms with Crippen molar-refractivity contribution in [2.75, 3.05) is 30.4 Å². The second-order valence-electron chi connectivity index (χ2n) is 5.47. The molecule has 3 rings (SSSR count). The molecule has 0 bridgehead atoms. The summed E-state index contributed by atoms with van der Waals surface area (Å²) in [7, 11) is 0. The van der Waals surface area contributed by atoms with Crippen LogP contribution in [0.1, 0.15) is 25.0 Å². The summed E-state index contributed by atoms with van der Waals surface area (Å²) in [6.07, 6.45) is 5.62. The zero-order valence-corrected chi connectivity index (χ0v) is 12.6. The molecule has 0 amide bonds. The Morgan fingerprint density at radius 2 is 2.15 bits per heavy atom. The molecule has 0 spiro atoms. The van der Waals surface area contributed by atoms with Gasteiger partial charge in [-0.05, 0) is 12.8 Å². The van der Waals surface area contributed by atoms with E-state index in [4.69, 9.17) is 4.18 Å². The Kier molecular flexibility index (Phi) is 4.33. The molecule has 5 nitrogen and oxygen atoms in total. The lowest BCUT2D eigenvalue weighted by molar-refractivity contribution is -0.612. The van der Waals surface area contributed by atoms with Crippen LogP contribution in [0.25, 0.3) is 0 Å². The van der Waals surface area contributed by atoms with E-state index in [2.05, 4.69) is 9.80 Å². The maximum Gasteiger partial charge on any atom is 0.191 e. The van der Waals surface area contributed by atoms with Gasteiger partial charge >= 0.3 is 0 Å². The SMILES string of the molecule is Cc1cc(N2CSOC(N3CCCCC3)C2)cc[n+]1[O-]. The Morgan fingerprint density at radius 1 is 1.35 bits per heavy atom. The van der Waals surface area contributed by atoms with Crippen molar-refractivity contribution >= 4 is 17.7 Å². The first-order valence-corrected chi connectivity index (χ1v) is 8.12. The fourth-order valence-electron chi connectivity index (χ4n) is 2.79. The molecule has 1 unspecified atom stereocenters. The molecule has 2 aliphatic rings. The summed E-state index contributed by atoms with van der Waals surface area (Å²) in [6.45, 7) is 4.97. The minimum Gasteiger partial charge on any atom is -0.619 e. The highest BCUT2D eigenvalue weighted by Crippen LogP contribution is 2.27. The third kappa shape index (κ3) is 3.02. The van der Waals surface area contributed by atoms with E-state index in [-0.39, 0.29) is 6.23 Å². The third-order valence-corrected chi connectivity index (χ3v) is 4.79. The number of hydrogen-bond donors (Lipinski definition) is 0. The lowest BCUT2D eigenvalue weighted by Gasteiger charge is -2.40. The van der Waals surface area contributed by atoms with Gasteiger partial charge in [0.2, 0.25) is 0 Å². The van der Waals surface area contributed by atoms with Crippen LogP contribution in [-0.4, -0.2) is 36.6 Å². The van der Waals surface area contributed by atoms with Gasteiger partial charge in [0.25, 0.3) is 0 Å². The van der Waals surface area contributed by atoms with Crippen molar-refractivity contribution in [3.05, 3.63) is 29.2 Å². The van der Waals surface area contributed by atoms with Crippen molar-refractivity contribution in [3.8, 4) is 0 Å². The third-order valence-electron chi connectivity index (χ3n) is 4.01. The first-order chi connectivity index (χ1) is 9.74. The number of pyridine rings is 1. The van der Waals surface area contributed by atoms with Gasteiger partial charge in [-0.1, -0.05) is 6.42 Å².